The molecule has 0 aliphatic heterocycles. The molecule has 0 bridgehead atoms. The molecule has 26 heavy (non-hydrogen) atoms. The summed E-state index contributed by atoms with van der Waals surface area (Å²) in [7, 11) is 2.15. The molecular weight excluding hydrogens is 315 g/mol. The van der Waals surface area contributed by atoms with Crippen molar-refractivity contribution >= 4 is 35.2 Å². The first-order chi connectivity index (χ1) is 12.8. The number of fused-ring (bicyclic) bond motifs is 3. The summed E-state index contributed by atoms with van der Waals surface area (Å²) in [6.07, 6.45) is 0. The Balaban J connectivity index is 1.67. The number of para-hydroxylation sites is 1. The Hall–Kier alpha value is -3.26. The van der Waals surface area contributed by atoms with Gasteiger partial charge in [-0.15, -0.1) is 0 Å². The monoisotopic (exact) mass is 332 g/mol. The highest BCUT2D eigenvalue weighted by atomic mass is 16.3. The number of benzene rings is 4. The Bertz CT molecular complexity index is 1240. The van der Waals surface area contributed by atoms with Crippen LogP contribution in [-0.2, 0) is 0 Å². The Labute approximate surface area is 153 Å². The van der Waals surface area contributed by atoms with Gasteiger partial charge in [0.1, 0.15) is 19.0 Å². The Morgan fingerprint density at radius 2 is 1.19 bits per heavy atom. The molecule has 1 nitrogen and oxygen atoms in total. The van der Waals surface area contributed by atoms with Crippen LogP contribution in [0.5, 0.6) is 0 Å². The summed E-state index contributed by atoms with van der Waals surface area (Å²) in [5.41, 5.74) is 8.00. The Morgan fingerprint density at radius 3 is 2.04 bits per heavy atom. The molecule has 0 atom stereocenters. The van der Waals surface area contributed by atoms with E-state index in [-0.39, 0.29) is 0 Å². The van der Waals surface area contributed by atoms with E-state index in [4.69, 9.17) is 4.42 Å². The molecule has 1 heterocycles. The first-order valence-electron chi connectivity index (χ1n) is 8.87. The molecule has 1 aromatic heterocycles. The fourth-order valence-electron chi connectivity index (χ4n) is 3.65. The summed E-state index contributed by atoms with van der Waals surface area (Å²) in [4.78, 5) is 0. The van der Waals surface area contributed by atoms with Crippen LogP contribution in [0.4, 0.5) is 0 Å². The quantitative estimate of drug-likeness (QED) is 0.406. The Morgan fingerprint density at radius 1 is 0.500 bits per heavy atom. The van der Waals surface area contributed by atoms with E-state index in [1.165, 1.54) is 38.5 Å². The third kappa shape index (κ3) is 2.51. The first-order valence-corrected chi connectivity index (χ1v) is 8.87. The summed E-state index contributed by atoms with van der Waals surface area (Å²) in [5, 5.41) is 2.34. The number of hydrogen-bond donors (Lipinski definition) is 0. The lowest BCUT2D eigenvalue weighted by Gasteiger charge is -2.09. The van der Waals surface area contributed by atoms with Crippen molar-refractivity contribution in [3.05, 3.63) is 91.0 Å². The van der Waals surface area contributed by atoms with Gasteiger partial charge in [0.15, 0.2) is 0 Å². The number of hydrogen-bond acceptors (Lipinski definition) is 1. The van der Waals surface area contributed by atoms with Crippen LogP contribution in [-0.4, -0.2) is 7.85 Å². The summed E-state index contributed by atoms with van der Waals surface area (Å²) < 4.78 is 6.06. The molecule has 5 rings (SSSR count). The van der Waals surface area contributed by atoms with E-state index in [1.54, 1.807) is 0 Å². The molecule has 0 spiro atoms. The number of furan rings is 1. The summed E-state index contributed by atoms with van der Waals surface area (Å²) >= 11 is 0. The Kier molecular flexibility index (Phi) is 3.43. The molecule has 0 aliphatic carbocycles. The minimum absolute atomic E-state index is 0.937. The van der Waals surface area contributed by atoms with E-state index >= 15 is 0 Å². The molecule has 0 unspecified atom stereocenters. The molecular formula is C24H17BO. The predicted octanol–water partition coefficient (Wildman–Crippen LogP) is 5.18. The van der Waals surface area contributed by atoms with Crippen LogP contribution >= 0.6 is 0 Å². The fraction of sp³-hybridized carbons (Fsp3) is 0. The van der Waals surface area contributed by atoms with Crippen LogP contribution in [0.2, 0.25) is 0 Å². The average molecular weight is 332 g/mol. The van der Waals surface area contributed by atoms with Gasteiger partial charge in [-0.05, 0) is 46.5 Å². The maximum atomic E-state index is 6.06. The molecule has 122 valence electrons. The first kappa shape index (κ1) is 15.0. The maximum Gasteiger partial charge on any atom is 0.139 e. The van der Waals surface area contributed by atoms with E-state index in [2.05, 4.69) is 86.7 Å². The van der Waals surface area contributed by atoms with Gasteiger partial charge < -0.3 is 4.42 Å². The fourth-order valence-corrected chi connectivity index (χ4v) is 3.65. The second-order valence-corrected chi connectivity index (χ2v) is 6.76. The zero-order valence-electron chi connectivity index (χ0n) is 14.6. The van der Waals surface area contributed by atoms with Crippen LogP contribution < -0.4 is 5.46 Å². The van der Waals surface area contributed by atoms with Crippen molar-refractivity contribution in [1.82, 2.24) is 0 Å². The van der Waals surface area contributed by atoms with Gasteiger partial charge in [-0.1, -0.05) is 72.2 Å². The second kappa shape index (κ2) is 5.92. The average Bonchev–Trinajstić information content (AvgIpc) is 3.06. The van der Waals surface area contributed by atoms with Gasteiger partial charge in [0, 0.05) is 10.8 Å². The van der Waals surface area contributed by atoms with Gasteiger partial charge in [-0.25, -0.2) is 0 Å². The third-order valence-electron chi connectivity index (χ3n) is 4.90. The standard InChI is InChI=1S/C24H17BO/c25-20-13-18(16-6-2-1-3-7-16)12-19(14-20)17-10-11-22-21-8-4-5-9-23(21)26-24(22)15-17/h1-15H,25H2. The molecule has 0 N–H and O–H groups in total. The van der Waals surface area contributed by atoms with Gasteiger partial charge in [0.05, 0.1) is 0 Å². The molecule has 0 aliphatic rings. The second-order valence-electron chi connectivity index (χ2n) is 6.76. The van der Waals surface area contributed by atoms with E-state index in [9.17, 15) is 0 Å². The third-order valence-corrected chi connectivity index (χ3v) is 4.90. The zero-order valence-corrected chi connectivity index (χ0v) is 14.6. The van der Waals surface area contributed by atoms with E-state index in [0.717, 1.165) is 11.2 Å². The minimum atomic E-state index is 0.937. The van der Waals surface area contributed by atoms with Crippen molar-refractivity contribution in [2.45, 2.75) is 0 Å². The smallest absolute Gasteiger partial charge is 0.139 e. The molecule has 0 fully saturated rings. The van der Waals surface area contributed by atoms with Crippen LogP contribution in [0.15, 0.2) is 95.4 Å². The highest BCUT2D eigenvalue weighted by molar-refractivity contribution is 6.33. The van der Waals surface area contributed by atoms with Crippen LogP contribution in [0, 0.1) is 0 Å². The van der Waals surface area contributed by atoms with Crippen molar-refractivity contribution in [3.63, 3.8) is 0 Å². The lowest BCUT2D eigenvalue weighted by Crippen LogP contribution is -2.02. The van der Waals surface area contributed by atoms with Crippen LogP contribution in [0.1, 0.15) is 0 Å². The van der Waals surface area contributed by atoms with Gasteiger partial charge in [0.25, 0.3) is 0 Å². The lowest BCUT2D eigenvalue weighted by molar-refractivity contribution is 0.669. The van der Waals surface area contributed by atoms with Crippen molar-refractivity contribution in [2.75, 3.05) is 0 Å². The van der Waals surface area contributed by atoms with E-state index in [1.807, 2.05) is 12.1 Å². The highest BCUT2D eigenvalue weighted by Gasteiger charge is 2.09. The normalized spacial score (nSPS) is 11.2. The van der Waals surface area contributed by atoms with E-state index < -0.39 is 0 Å². The van der Waals surface area contributed by atoms with Crippen molar-refractivity contribution in [1.29, 1.82) is 0 Å². The molecule has 0 amide bonds. The van der Waals surface area contributed by atoms with Crippen LogP contribution in [0.3, 0.4) is 0 Å². The van der Waals surface area contributed by atoms with Gasteiger partial charge >= 0.3 is 0 Å². The zero-order chi connectivity index (χ0) is 17.5. The van der Waals surface area contributed by atoms with Crippen LogP contribution in [0.25, 0.3) is 44.2 Å². The molecule has 5 aromatic rings. The largest absolute Gasteiger partial charge is 0.456 e. The SMILES string of the molecule is Bc1cc(-c2ccccc2)cc(-c2ccc3c(c2)oc2ccccc23)c1. The van der Waals surface area contributed by atoms with Gasteiger partial charge in [-0.3, -0.25) is 0 Å². The van der Waals surface area contributed by atoms with Crippen molar-refractivity contribution in [3.8, 4) is 22.3 Å². The van der Waals surface area contributed by atoms with Crippen molar-refractivity contribution < 1.29 is 4.42 Å². The highest BCUT2D eigenvalue weighted by Crippen LogP contribution is 2.33. The van der Waals surface area contributed by atoms with Gasteiger partial charge in [0.2, 0.25) is 0 Å². The van der Waals surface area contributed by atoms with Gasteiger partial charge in [-0.2, -0.15) is 0 Å². The molecule has 0 radical (unpaired) electrons. The topological polar surface area (TPSA) is 13.1 Å². The molecule has 0 saturated heterocycles. The minimum Gasteiger partial charge on any atom is -0.456 e. The molecule has 0 saturated carbocycles. The predicted molar refractivity (Wildman–Crippen MR) is 113 cm³/mol. The maximum absolute atomic E-state index is 6.06. The summed E-state index contributed by atoms with van der Waals surface area (Å²) in [5.74, 6) is 0. The van der Waals surface area contributed by atoms with Crippen molar-refractivity contribution in [2.24, 2.45) is 0 Å². The molecule has 2 heteroatoms. The number of rotatable bonds is 2. The van der Waals surface area contributed by atoms with E-state index in [0.29, 0.717) is 0 Å². The summed E-state index contributed by atoms with van der Waals surface area (Å²) in [6, 6.07) is 32.0. The molecule has 4 aromatic carbocycles. The summed E-state index contributed by atoms with van der Waals surface area (Å²) in [6.45, 7) is 0. The lowest BCUT2D eigenvalue weighted by atomic mass is 9.88.